The maximum absolute atomic E-state index is 11.7. The van der Waals surface area contributed by atoms with Crippen LogP contribution in [0.15, 0.2) is 24.3 Å². The first-order chi connectivity index (χ1) is 7.93. The van der Waals surface area contributed by atoms with Crippen molar-refractivity contribution in [3.8, 4) is 0 Å². The summed E-state index contributed by atoms with van der Waals surface area (Å²) in [4.78, 5) is 22.5. The summed E-state index contributed by atoms with van der Waals surface area (Å²) in [7, 11) is 0. The molecule has 0 radical (unpaired) electrons. The number of aliphatic hydroxyl groups is 1. The molecule has 2 atom stereocenters. The summed E-state index contributed by atoms with van der Waals surface area (Å²) in [5.41, 5.74) is 6.01. The van der Waals surface area contributed by atoms with Crippen LogP contribution in [0.2, 0.25) is 0 Å². The van der Waals surface area contributed by atoms with Gasteiger partial charge < -0.3 is 21.3 Å². The van der Waals surface area contributed by atoms with E-state index in [1.165, 1.54) is 19.1 Å². The molecule has 0 aliphatic carbocycles. The van der Waals surface area contributed by atoms with Crippen molar-refractivity contribution in [3.63, 3.8) is 0 Å². The number of carboxylic acid groups (broad SMARTS) is 1. The maximum atomic E-state index is 11.7. The fourth-order valence-electron chi connectivity index (χ4n) is 1.31. The lowest BCUT2D eigenvalue weighted by molar-refractivity contribution is -0.141. The molecule has 17 heavy (non-hydrogen) atoms. The fourth-order valence-corrected chi connectivity index (χ4v) is 1.31. The molecule has 5 N–H and O–H groups in total. The zero-order valence-corrected chi connectivity index (χ0v) is 9.25. The second-order valence-electron chi connectivity index (χ2n) is 3.62. The lowest BCUT2D eigenvalue weighted by Crippen LogP contribution is -2.47. The minimum absolute atomic E-state index is 0.180. The second kappa shape index (κ2) is 5.31. The van der Waals surface area contributed by atoms with Gasteiger partial charge in [-0.3, -0.25) is 4.79 Å². The Morgan fingerprint density at radius 2 is 1.94 bits per heavy atom. The van der Waals surface area contributed by atoms with Gasteiger partial charge in [-0.25, -0.2) is 4.79 Å². The van der Waals surface area contributed by atoms with Crippen LogP contribution in [0.4, 0.5) is 5.69 Å². The number of aliphatic hydroxyl groups excluding tert-OH is 1. The highest BCUT2D eigenvalue weighted by Crippen LogP contribution is 2.10. The number of rotatable bonds is 4. The number of hydrogen-bond acceptors (Lipinski definition) is 4. The van der Waals surface area contributed by atoms with Crippen molar-refractivity contribution in [2.75, 3.05) is 5.73 Å². The molecular formula is C11H14N2O4. The Kier molecular flexibility index (Phi) is 4.06. The van der Waals surface area contributed by atoms with E-state index in [2.05, 4.69) is 5.32 Å². The minimum atomic E-state index is -1.36. The molecule has 1 rings (SSSR count). The summed E-state index contributed by atoms with van der Waals surface area (Å²) in [5, 5.41) is 20.2. The van der Waals surface area contributed by atoms with Crippen molar-refractivity contribution in [1.82, 2.24) is 5.32 Å². The minimum Gasteiger partial charge on any atom is -0.480 e. The molecule has 0 aliphatic heterocycles. The number of anilines is 1. The number of nitrogens with two attached hydrogens (primary N) is 1. The molecule has 6 heteroatoms. The summed E-state index contributed by atoms with van der Waals surface area (Å²) < 4.78 is 0. The number of benzene rings is 1. The van der Waals surface area contributed by atoms with Gasteiger partial charge in [0, 0.05) is 5.69 Å². The van der Waals surface area contributed by atoms with Crippen molar-refractivity contribution >= 4 is 17.6 Å². The van der Waals surface area contributed by atoms with E-state index >= 15 is 0 Å². The number of amides is 1. The highest BCUT2D eigenvalue weighted by molar-refractivity contribution is 6.00. The molecule has 92 valence electrons. The van der Waals surface area contributed by atoms with E-state index in [4.69, 9.17) is 10.8 Å². The van der Waals surface area contributed by atoms with Crippen LogP contribution >= 0.6 is 0 Å². The monoisotopic (exact) mass is 238 g/mol. The maximum Gasteiger partial charge on any atom is 0.328 e. The second-order valence-corrected chi connectivity index (χ2v) is 3.62. The number of nitrogen functional groups attached to an aromatic ring is 1. The van der Waals surface area contributed by atoms with Gasteiger partial charge in [-0.05, 0) is 19.1 Å². The third-order valence-electron chi connectivity index (χ3n) is 2.24. The molecule has 0 aliphatic rings. The molecule has 1 amide bonds. The summed E-state index contributed by atoms with van der Waals surface area (Å²) in [5.74, 6) is -1.93. The highest BCUT2D eigenvalue weighted by atomic mass is 16.4. The summed E-state index contributed by atoms with van der Waals surface area (Å²) in [6.45, 7) is 1.29. The molecule has 0 saturated heterocycles. The molecule has 2 unspecified atom stereocenters. The van der Waals surface area contributed by atoms with Gasteiger partial charge in [0.2, 0.25) is 0 Å². The smallest absolute Gasteiger partial charge is 0.328 e. The molecule has 0 heterocycles. The first-order valence-electron chi connectivity index (χ1n) is 4.99. The van der Waals surface area contributed by atoms with Crippen LogP contribution in [0.3, 0.4) is 0 Å². The standard InChI is InChI=1S/C11H14N2O4/c1-6(14)9(11(16)17)13-10(15)7-4-2-3-5-8(7)12/h2-6,9,14H,12H2,1H3,(H,13,15)(H,16,17). The van der Waals surface area contributed by atoms with Gasteiger partial charge >= 0.3 is 5.97 Å². The van der Waals surface area contributed by atoms with Gasteiger partial charge in [-0.15, -0.1) is 0 Å². The molecule has 0 bridgehead atoms. The number of hydrogen-bond donors (Lipinski definition) is 4. The number of carboxylic acids is 1. The predicted molar refractivity (Wildman–Crippen MR) is 61.4 cm³/mol. The van der Waals surface area contributed by atoms with Crippen LogP contribution in [0.5, 0.6) is 0 Å². The molecule has 1 aromatic rings. The van der Waals surface area contributed by atoms with Crippen LogP contribution in [-0.2, 0) is 4.79 Å². The highest BCUT2D eigenvalue weighted by Gasteiger charge is 2.25. The van der Waals surface area contributed by atoms with Crippen molar-refractivity contribution in [3.05, 3.63) is 29.8 Å². The van der Waals surface area contributed by atoms with Crippen LogP contribution in [0.25, 0.3) is 0 Å². The first-order valence-corrected chi connectivity index (χ1v) is 4.99. The molecule has 6 nitrogen and oxygen atoms in total. The molecule has 0 fully saturated rings. The number of nitrogens with one attached hydrogen (secondary N) is 1. The summed E-state index contributed by atoms with van der Waals surface area (Å²) >= 11 is 0. The average molecular weight is 238 g/mol. The fraction of sp³-hybridized carbons (Fsp3) is 0.273. The Bertz CT molecular complexity index is 431. The van der Waals surface area contributed by atoms with Crippen molar-refractivity contribution in [2.45, 2.75) is 19.1 Å². The van der Waals surface area contributed by atoms with E-state index in [-0.39, 0.29) is 11.3 Å². The predicted octanol–water partition coefficient (Wildman–Crippen LogP) is -0.167. The Balaban J connectivity index is 2.85. The number of carbonyl (C=O) groups is 2. The third-order valence-corrected chi connectivity index (χ3v) is 2.24. The Morgan fingerprint density at radius 1 is 1.35 bits per heavy atom. The van der Waals surface area contributed by atoms with Crippen molar-refractivity contribution < 1.29 is 19.8 Å². The summed E-state index contributed by atoms with van der Waals surface area (Å²) in [6, 6.07) is 4.93. The largest absolute Gasteiger partial charge is 0.480 e. The average Bonchev–Trinajstić information content (AvgIpc) is 2.25. The van der Waals surface area contributed by atoms with Gasteiger partial charge in [0.1, 0.15) is 0 Å². The van der Waals surface area contributed by atoms with Crippen LogP contribution in [0, 0.1) is 0 Å². The topological polar surface area (TPSA) is 113 Å². The normalized spacial score (nSPS) is 13.8. The lowest BCUT2D eigenvalue weighted by Gasteiger charge is -2.17. The molecule has 0 saturated carbocycles. The van der Waals surface area contributed by atoms with Crippen LogP contribution in [0.1, 0.15) is 17.3 Å². The molecule has 1 aromatic carbocycles. The molecular weight excluding hydrogens is 224 g/mol. The Hall–Kier alpha value is -2.08. The Morgan fingerprint density at radius 3 is 2.41 bits per heavy atom. The van der Waals surface area contributed by atoms with E-state index in [1.54, 1.807) is 12.1 Å². The zero-order chi connectivity index (χ0) is 13.0. The molecule has 0 spiro atoms. The van der Waals surface area contributed by atoms with Crippen molar-refractivity contribution in [1.29, 1.82) is 0 Å². The van der Waals surface area contributed by atoms with E-state index in [0.29, 0.717) is 0 Å². The van der Waals surface area contributed by atoms with Gasteiger partial charge in [-0.1, -0.05) is 12.1 Å². The molecule has 0 aromatic heterocycles. The van der Waals surface area contributed by atoms with Gasteiger partial charge in [0.15, 0.2) is 6.04 Å². The third kappa shape index (κ3) is 3.18. The summed E-state index contributed by atoms with van der Waals surface area (Å²) in [6.07, 6.45) is -1.19. The SMILES string of the molecule is CC(O)C(NC(=O)c1ccccc1N)C(=O)O. The number of carbonyl (C=O) groups excluding carboxylic acids is 1. The van der Waals surface area contributed by atoms with E-state index in [9.17, 15) is 14.7 Å². The van der Waals surface area contributed by atoms with Gasteiger partial charge in [0.25, 0.3) is 5.91 Å². The zero-order valence-electron chi connectivity index (χ0n) is 9.25. The quantitative estimate of drug-likeness (QED) is 0.544. The van der Waals surface area contributed by atoms with E-state index in [1.807, 2.05) is 0 Å². The number of para-hydroxylation sites is 1. The van der Waals surface area contributed by atoms with Crippen molar-refractivity contribution in [2.24, 2.45) is 0 Å². The van der Waals surface area contributed by atoms with Gasteiger partial charge in [0.05, 0.1) is 11.7 Å². The van der Waals surface area contributed by atoms with E-state index < -0.39 is 24.0 Å². The first kappa shape index (κ1) is 13.0. The van der Waals surface area contributed by atoms with Crippen LogP contribution < -0.4 is 11.1 Å². The van der Waals surface area contributed by atoms with Gasteiger partial charge in [-0.2, -0.15) is 0 Å². The van der Waals surface area contributed by atoms with E-state index in [0.717, 1.165) is 0 Å². The lowest BCUT2D eigenvalue weighted by atomic mass is 10.1. The number of aliphatic carboxylic acids is 1. The van der Waals surface area contributed by atoms with Crippen LogP contribution in [-0.4, -0.2) is 34.2 Å². The Labute approximate surface area is 98.1 Å².